The highest BCUT2D eigenvalue weighted by Gasteiger charge is 2.15. The summed E-state index contributed by atoms with van der Waals surface area (Å²) in [6, 6.07) is 10.7. The zero-order valence-electron chi connectivity index (χ0n) is 12.7. The van der Waals surface area contributed by atoms with Crippen molar-refractivity contribution in [3.63, 3.8) is 0 Å². The predicted octanol–water partition coefficient (Wildman–Crippen LogP) is 3.84. The van der Waals surface area contributed by atoms with Crippen molar-refractivity contribution in [2.75, 3.05) is 10.6 Å². The van der Waals surface area contributed by atoms with Gasteiger partial charge in [0.2, 0.25) is 0 Å². The molecule has 0 spiro atoms. The number of carbonyl (C=O) groups excluding carboxylic acids is 2. The molecule has 0 radical (unpaired) electrons. The number of nitrogens with one attached hydrogen (secondary N) is 2. The van der Waals surface area contributed by atoms with Crippen LogP contribution in [0.1, 0.15) is 16.7 Å². The molecule has 2 aromatic rings. The van der Waals surface area contributed by atoms with Gasteiger partial charge in [-0.1, -0.05) is 35.4 Å². The Bertz CT molecular complexity index is 741. The van der Waals surface area contributed by atoms with Gasteiger partial charge < -0.3 is 10.6 Å². The van der Waals surface area contributed by atoms with Crippen LogP contribution < -0.4 is 10.6 Å². The quantitative estimate of drug-likeness (QED) is 0.827. The molecule has 114 valence electrons. The number of amides is 2. The fraction of sp³-hybridized carbons (Fsp3) is 0.176. The molecule has 0 bridgehead atoms. The molecule has 2 N–H and O–H groups in total. The number of anilines is 2. The van der Waals surface area contributed by atoms with Crippen molar-refractivity contribution >= 4 is 34.8 Å². The fourth-order valence-electron chi connectivity index (χ4n) is 1.99. The minimum Gasteiger partial charge on any atom is -0.318 e. The Morgan fingerprint density at radius 2 is 1.55 bits per heavy atom. The lowest BCUT2D eigenvalue weighted by Gasteiger charge is -2.10. The van der Waals surface area contributed by atoms with Crippen molar-refractivity contribution in [3.8, 4) is 0 Å². The fourth-order valence-corrected chi connectivity index (χ4v) is 2.17. The lowest BCUT2D eigenvalue weighted by atomic mass is 10.1. The SMILES string of the molecule is Cc1ccc(NC(=O)C(=O)Nc2ccc(C)c(Cl)c2)c(C)c1. The van der Waals surface area contributed by atoms with Crippen LogP contribution in [-0.4, -0.2) is 11.8 Å². The number of aryl methyl sites for hydroxylation is 3. The third kappa shape index (κ3) is 3.86. The second-order valence-corrected chi connectivity index (χ2v) is 5.60. The van der Waals surface area contributed by atoms with Gasteiger partial charge in [0.05, 0.1) is 0 Å². The maximum absolute atomic E-state index is 11.9. The largest absolute Gasteiger partial charge is 0.318 e. The van der Waals surface area contributed by atoms with Gasteiger partial charge in [-0.15, -0.1) is 0 Å². The molecule has 0 saturated heterocycles. The maximum atomic E-state index is 11.9. The van der Waals surface area contributed by atoms with Crippen LogP contribution in [0, 0.1) is 20.8 Å². The first-order chi connectivity index (χ1) is 10.4. The van der Waals surface area contributed by atoms with Crippen LogP contribution in [0.5, 0.6) is 0 Å². The Morgan fingerprint density at radius 1 is 0.864 bits per heavy atom. The smallest absolute Gasteiger partial charge is 0.314 e. The summed E-state index contributed by atoms with van der Waals surface area (Å²) in [5, 5.41) is 5.66. The Balaban J connectivity index is 2.05. The summed E-state index contributed by atoms with van der Waals surface area (Å²) in [5.74, 6) is -1.46. The van der Waals surface area contributed by atoms with Crippen molar-refractivity contribution in [1.29, 1.82) is 0 Å². The lowest BCUT2D eigenvalue weighted by Crippen LogP contribution is -2.29. The highest BCUT2D eigenvalue weighted by Crippen LogP contribution is 2.20. The van der Waals surface area contributed by atoms with Gasteiger partial charge in [0.1, 0.15) is 0 Å². The number of rotatable bonds is 2. The third-order valence-corrected chi connectivity index (χ3v) is 3.67. The molecule has 0 heterocycles. The summed E-state index contributed by atoms with van der Waals surface area (Å²) >= 11 is 5.99. The number of carbonyl (C=O) groups is 2. The van der Waals surface area contributed by atoms with Crippen LogP contribution in [0.15, 0.2) is 36.4 Å². The van der Waals surface area contributed by atoms with Crippen molar-refractivity contribution in [3.05, 3.63) is 58.1 Å². The maximum Gasteiger partial charge on any atom is 0.314 e. The first-order valence-electron chi connectivity index (χ1n) is 6.82. The number of halogens is 1. The van der Waals surface area contributed by atoms with E-state index in [-0.39, 0.29) is 0 Å². The molecule has 2 amide bonds. The molecular weight excluding hydrogens is 300 g/mol. The Labute approximate surface area is 134 Å². The van der Waals surface area contributed by atoms with Gasteiger partial charge in [-0.3, -0.25) is 9.59 Å². The molecule has 0 aromatic heterocycles. The minimum absolute atomic E-state index is 0.483. The molecule has 0 aliphatic rings. The minimum atomic E-state index is -0.736. The van der Waals surface area contributed by atoms with E-state index in [4.69, 9.17) is 11.6 Å². The summed E-state index contributed by atoms with van der Waals surface area (Å²) in [6.07, 6.45) is 0. The standard InChI is InChI=1S/C17H17ClN2O2/c1-10-4-7-15(12(3)8-10)20-17(22)16(21)19-13-6-5-11(2)14(18)9-13/h4-9H,1-3H3,(H,19,21)(H,20,22). The number of hydrogen-bond donors (Lipinski definition) is 2. The molecule has 22 heavy (non-hydrogen) atoms. The van der Waals surface area contributed by atoms with Gasteiger partial charge in [-0.2, -0.15) is 0 Å². The van der Waals surface area contributed by atoms with E-state index in [0.717, 1.165) is 16.7 Å². The van der Waals surface area contributed by atoms with E-state index in [0.29, 0.717) is 16.4 Å². The van der Waals surface area contributed by atoms with Crippen molar-refractivity contribution in [2.45, 2.75) is 20.8 Å². The van der Waals surface area contributed by atoms with Crippen LogP contribution in [0.25, 0.3) is 0 Å². The zero-order valence-corrected chi connectivity index (χ0v) is 13.4. The van der Waals surface area contributed by atoms with Crippen LogP contribution in [0.3, 0.4) is 0 Å². The highest BCUT2D eigenvalue weighted by atomic mass is 35.5. The molecule has 0 fully saturated rings. The van der Waals surface area contributed by atoms with Crippen molar-refractivity contribution in [2.24, 2.45) is 0 Å². The van der Waals surface area contributed by atoms with Gasteiger partial charge >= 0.3 is 11.8 Å². The molecule has 2 rings (SSSR count). The van der Waals surface area contributed by atoms with E-state index in [9.17, 15) is 9.59 Å². The van der Waals surface area contributed by atoms with E-state index in [1.807, 2.05) is 32.9 Å². The summed E-state index contributed by atoms with van der Waals surface area (Å²) in [7, 11) is 0. The Kier molecular flexibility index (Phi) is 4.83. The molecule has 0 aliphatic heterocycles. The zero-order chi connectivity index (χ0) is 16.3. The molecular formula is C17H17ClN2O2. The molecule has 0 saturated carbocycles. The average Bonchev–Trinajstić information content (AvgIpc) is 2.45. The van der Waals surface area contributed by atoms with Gasteiger partial charge in [0, 0.05) is 16.4 Å². The van der Waals surface area contributed by atoms with Gasteiger partial charge in [0.15, 0.2) is 0 Å². The van der Waals surface area contributed by atoms with Gasteiger partial charge in [-0.05, 0) is 50.1 Å². The summed E-state index contributed by atoms with van der Waals surface area (Å²) in [5.41, 5.74) is 4.00. The van der Waals surface area contributed by atoms with E-state index in [1.54, 1.807) is 24.3 Å². The first-order valence-corrected chi connectivity index (χ1v) is 7.20. The van der Waals surface area contributed by atoms with E-state index in [1.165, 1.54) is 0 Å². The first kappa shape index (κ1) is 16.0. The van der Waals surface area contributed by atoms with Crippen LogP contribution >= 0.6 is 11.6 Å². The third-order valence-electron chi connectivity index (χ3n) is 3.27. The van der Waals surface area contributed by atoms with Crippen molar-refractivity contribution in [1.82, 2.24) is 0 Å². The molecule has 0 unspecified atom stereocenters. The normalized spacial score (nSPS) is 10.2. The summed E-state index contributed by atoms with van der Waals surface area (Å²) in [6.45, 7) is 5.70. The predicted molar refractivity (Wildman–Crippen MR) is 89.4 cm³/mol. The Hall–Kier alpha value is -2.33. The number of hydrogen-bond acceptors (Lipinski definition) is 2. The van der Waals surface area contributed by atoms with Crippen LogP contribution in [0.4, 0.5) is 11.4 Å². The van der Waals surface area contributed by atoms with E-state index >= 15 is 0 Å². The molecule has 4 nitrogen and oxygen atoms in total. The second kappa shape index (κ2) is 6.62. The monoisotopic (exact) mass is 316 g/mol. The summed E-state index contributed by atoms with van der Waals surface area (Å²) < 4.78 is 0. The van der Waals surface area contributed by atoms with Crippen LogP contribution in [0.2, 0.25) is 5.02 Å². The molecule has 2 aromatic carbocycles. The van der Waals surface area contributed by atoms with Gasteiger partial charge in [-0.25, -0.2) is 0 Å². The highest BCUT2D eigenvalue weighted by molar-refractivity contribution is 6.43. The molecule has 0 atom stereocenters. The van der Waals surface area contributed by atoms with E-state index < -0.39 is 11.8 Å². The van der Waals surface area contributed by atoms with Crippen LogP contribution in [-0.2, 0) is 9.59 Å². The topological polar surface area (TPSA) is 58.2 Å². The summed E-state index contributed by atoms with van der Waals surface area (Å²) in [4.78, 5) is 23.9. The molecule has 5 heteroatoms. The average molecular weight is 317 g/mol. The number of benzene rings is 2. The van der Waals surface area contributed by atoms with Crippen molar-refractivity contribution < 1.29 is 9.59 Å². The Morgan fingerprint density at radius 3 is 2.18 bits per heavy atom. The van der Waals surface area contributed by atoms with Gasteiger partial charge in [0.25, 0.3) is 0 Å². The molecule has 0 aliphatic carbocycles. The lowest BCUT2D eigenvalue weighted by molar-refractivity contribution is -0.133. The van der Waals surface area contributed by atoms with E-state index in [2.05, 4.69) is 10.6 Å². The second-order valence-electron chi connectivity index (χ2n) is 5.19.